The van der Waals surface area contributed by atoms with E-state index in [1.54, 1.807) is 6.92 Å². The molecular formula is C11H15F5N2O2. The second-order valence-corrected chi connectivity index (χ2v) is 4.53. The average Bonchev–Trinajstić information content (AvgIpc) is 2.37. The number of hydrogen-bond acceptors (Lipinski definition) is 2. The highest BCUT2D eigenvalue weighted by Crippen LogP contribution is 2.37. The second-order valence-electron chi connectivity index (χ2n) is 4.53. The maximum Gasteiger partial charge on any atom is 0.463 e. The Hall–Kier alpha value is -1.41. The molecule has 0 unspecified atom stereocenters. The standard InChI is InChI=1S/C11H15F5N2O2/c1-2-17-8(19)7-3-5-18(6-4-7)9(20)10(12,13)11(14,15)16/h7H,2-6H2,1H3,(H,17,19). The smallest absolute Gasteiger partial charge is 0.356 e. The molecule has 0 spiro atoms. The summed E-state index contributed by atoms with van der Waals surface area (Å²) in [7, 11) is 0. The van der Waals surface area contributed by atoms with Crippen LogP contribution < -0.4 is 5.32 Å². The van der Waals surface area contributed by atoms with Crippen LogP contribution >= 0.6 is 0 Å². The number of carbonyl (C=O) groups excluding carboxylic acids is 2. The second kappa shape index (κ2) is 5.92. The van der Waals surface area contributed by atoms with Crippen LogP contribution in [0.25, 0.3) is 0 Å². The van der Waals surface area contributed by atoms with Crippen LogP contribution in [0.3, 0.4) is 0 Å². The summed E-state index contributed by atoms with van der Waals surface area (Å²) in [6.45, 7) is 1.54. The molecule has 9 heteroatoms. The molecule has 0 radical (unpaired) electrons. The van der Waals surface area contributed by atoms with E-state index < -0.39 is 23.9 Å². The number of alkyl halides is 5. The Balaban J connectivity index is 2.62. The van der Waals surface area contributed by atoms with Crippen LogP contribution in [-0.4, -0.2) is 48.4 Å². The third-order valence-electron chi connectivity index (χ3n) is 3.13. The molecule has 0 aromatic rings. The Kier molecular flexibility index (Phi) is 4.93. The van der Waals surface area contributed by atoms with Crippen molar-refractivity contribution < 1.29 is 31.5 Å². The fourth-order valence-electron chi connectivity index (χ4n) is 1.98. The summed E-state index contributed by atoms with van der Waals surface area (Å²) >= 11 is 0. The van der Waals surface area contributed by atoms with Crippen molar-refractivity contribution >= 4 is 11.8 Å². The van der Waals surface area contributed by atoms with Gasteiger partial charge in [-0.05, 0) is 19.8 Å². The molecule has 0 saturated carbocycles. The SMILES string of the molecule is CCNC(=O)C1CCN(C(=O)C(F)(F)C(F)(F)F)CC1. The van der Waals surface area contributed by atoms with Gasteiger partial charge in [0, 0.05) is 25.6 Å². The summed E-state index contributed by atoms with van der Waals surface area (Å²) in [6.07, 6.45) is -5.75. The number of hydrogen-bond donors (Lipinski definition) is 1. The zero-order chi connectivity index (χ0) is 15.6. The van der Waals surface area contributed by atoms with Crippen molar-refractivity contribution in [3.05, 3.63) is 0 Å². The Morgan fingerprint density at radius 3 is 2.05 bits per heavy atom. The molecule has 1 aliphatic heterocycles. The van der Waals surface area contributed by atoms with Crippen LogP contribution in [0.5, 0.6) is 0 Å². The summed E-state index contributed by atoms with van der Waals surface area (Å²) in [5.41, 5.74) is 0. The lowest BCUT2D eigenvalue weighted by atomic mass is 9.95. The Labute approximate surface area is 112 Å². The Bertz CT molecular complexity index is 375. The third-order valence-corrected chi connectivity index (χ3v) is 3.13. The van der Waals surface area contributed by atoms with Gasteiger partial charge in [-0.2, -0.15) is 22.0 Å². The maximum atomic E-state index is 12.9. The zero-order valence-corrected chi connectivity index (χ0v) is 10.8. The van der Waals surface area contributed by atoms with Gasteiger partial charge in [0.2, 0.25) is 5.91 Å². The van der Waals surface area contributed by atoms with Crippen molar-refractivity contribution in [2.75, 3.05) is 19.6 Å². The molecule has 20 heavy (non-hydrogen) atoms. The van der Waals surface area contributed by atoms with Gasteiger partial charge in [-0.1, -0.05) is 0 Å². The number of halogens is 5. The van der Waals surface area contributed by atoms with Gasteiger partial charge in [0.15, 0.2) is 0 Å². The van der Waals surface area contributed by atoms with Gasteiger partial charge in [-0.15, -0.1) is 0 Å². The number of likely N-dealkylation sites (tertiary alicyclic amines) is 1. The highest BCUT2D eigenvalue weighted by molar-refractivity contribution is 5.85. The van der Waals surface area contributed by atoms with Crippen LogP contribution in [0.15, 0.2) is 0 Å². The van der Waals surface area contributed by atoms with E-state index in [1.807, 2.05) is 0 Å². The molecule has 0 bridgehead atoms. The number of amides is 2. The monoisotopic (exact) mass is 302 g/mol. The van der Waals surface area contributed by atoms with Crippen LogP contribution in [-0.2, 0) is 9.59 Å². The van der Waals surface area contributed by atoms with Gasteiger partial charge >= 0.3 is 18.0 Å². The molecule has 0 aliphatic carbocycles. The Morgan fingerprint density at radius 1 is 1.15 bits per heavy atom. The fraction of sp³-hybridized carbons (Fsp3) is 0.818. The molecular weight excluding hydrogens is 287 g/mol. The highest BCUT2D eigenvalue weighted by atomic mass is 19.4. The van der Waals surface area contributed by atoms with E-state index in [1.165, 1.54) is 0 Å². The summed E-state index contributed by atoms with van der Waals surface area (Å²) in [4.78, 5) is 23.2. The molecule has 1 aliphatic rings. The minimum atomic E-state index is -5.90. The van der Waals surface area contributed by atoms with E-state index in [0.717, 1.165) is 0 Å². The minimum absolute atomic E-state index is 0.0749. The molecule has 4 nitrogen and oxygen atoms in total. The largest absolute Gasteiger partial charge is 0.463 e. The predicted molar refractivity (Wildman–Crippen MR) is 59.0 cm³/mol. The highest BCUT2D eigenvalue weighted by Gasteiger charge is 2.64. The molecule has 2 amide bonds. The number of carbonyl (C=O) groups is 2. The summed E-state index contributed by atoms with van der Waals surface area (Å²) in [5.74, 6) is -8.37. The van der Waals surface area contributed by atoms with E-state index in [9.17, 15) is 31.5 Å². The summed E-state index contributed by atoms with van der Waals surface area (Å²) in [5, 5.41) is 2.54. The molecule has 1 rings (SSSR count). The van der Waals surface area contributed by atoms with Crippen LogP contribution in [0, 0.1) is 5.92 Å². The molecule has 0 aromatic carbocycles. The lowest BCUT2D eigenvalue weighted by molar-refractivity contribution is -0.274. The third kappa shape index (κ3) is 3.37. The van der Waals surface area contributed by atoms with Gasteiger partial charge < -0.3 is 10.2 Å². The first kappa shape index (κ1) is 16.6. The van der Waals surface area contributed by atoms with Crippen molar-refractivity contribution in [1.29, 1.82) is 0 Å². The van der Waals surface area contributed by atoms with E-state index in [0.29, 0.717) is 11.4 Å². The lowest BCUT2D eigenvalue weighted by Gasteiger charge is -2.33. The number of rotatable bonds is 3. The number of nitrogens with one attached hydrogen (secondary N) is 1. The van der Waals surface area contributed by atoms with Crippen molar-refractivity contribution in [2.24, 2.45) is 5.92 Å². The predicted octanol–water partition coefficient (Wildman–Crippen LogP) is 1.56. The quantitative estimate of drug-likeness (QED) is 0.804. The van der Waals surface area contributed by atoms with Crippen molar-refractivity contribution in [2.45, 2.75) is 31.9 Å². The van der Waals surface area contributed by atoms with E-state index in [-0.39, 0.29) is 31.8 Å². The first-order chi connectivity index (χ1) is 9.11. The average molecular weight is 302 g/mol. The van der Waals surface area contributed by atoms with E-state index in [4.69, 9.17) is 0 Å². The maximum absolute atomic E-state index is 12.9. The topological polar surface area (TPSA) is 49.4 Å². The fourth-order valence-corrected chi connectivity index (χ4v) is 1.98. The molecule has 1 fully saturated rings. The molecule has 1 N–H and O–H groups in total. The van der Waals surface area contributed by atoms with Gasteiger partial charge in [0.25, 0.3) is 0 Å². The first-order valence-corrected chi connectivity index (χ1v) is 6.13. The van der Waals surface area contributed by atoms with Gasteiger partial charge in [-0.3, -0.25) is 9.59 Å². The van der Waals surface area contributed by atoms with Gasteiger partial charge in [-0.25, -0.2) is 0 Å². The van der Waals surface area contributed by atoms with Crippen molar-refractivity contribution in [3.8, 4) is 0 Å². The van der Waals surface area contributed by atoms with Crippen LogP contribution in [0.2, 0.25) is 0 Å². The van der Waals surface area contributed by atoms with Crippen LogP contribution in [0.1, 0.15) is 19.8 Å². The summed E-state index contributed by atoms with van der Waals surface area (Å²) in [6, 6.07) is 0. The van der Waals surface area contributed by atoms with Gasteiger partial charge in [0.05, 0.1) is 0 Å². The normalized spacial score (nSPS) is 18.0. The van der Waals surface area contributed by atoms with Crippen molar-refractivity contribution in [1.82, 2.24) is 10.2 Å². The molecule has 1 saturated heterocycles. The van der Waals surface area contributed by atoms with Crippen LogP contribution in [0.4, 0.5) is 22.0 Å². The number of piperidine rings is 1. The number of nitrogens with zero attached hydrogens (tertiary/aromatic N) is 1. The minimum Gasteiger partial charge on any atom is -0.356 e. The molecule has 116 valence electrons. The Morgan fingerprint density at radius 2 is 1.65 bits per heavy atom. The molecule has 1 heterocycles. The molecule has 0 aromatic heterocycles. The summed E-state index contributed by atoms with van der Waals surface area (Å²) < 4.78 is 62.0. The molecule has 0 atom stereocenters. The van der Waals surface area contributed by atoms with Gasteiger partial charge in [0.1, 0.15) is 0 Å². The van der Waals surface area contributed by atoms with E-state index >= 15 is 0 Å². The lowest BCUT2D eigenvalue weighted by Crippen LogP contribution is -2.54. The first-order valence-electron chi connectivity index (χ1n) is 6.13. The van der Waals surface area contributed by atoms with E-state index in [2.05, 4.69) is 5.32 Å². The van der Waals surface area contributed by atoms with Crippen molar-refractivity contribution in [3.63, 3.8) is 0 Å². The zero-order valence-electron chi connectivity index (χ0n) is 10.8.